The topological polar surface area (TPSA) is 90.0 Å². The van der Waals surface area contributed by atoms with Gasteiger partial charge in [0.25, 0.3) is 0 Å². The van der Waals surface area contributed by atoms with Crippen LogP contribution < -0.4 is 5.32 Å². The zero-order chi connectivity index (χ0) is 21.7. The van der Waals surface area contributed by atoms with Crippen molar-refractivity contribution in [3.8, 4) is 0 Å². The summed E-state index contributed by atoms with van der Waals surface area (Å²) in [6.45, 7) is 4.05. The molecular formula is C20H29ClN4O4S. The molecule has 8 nitrogen and oxygen atoms in total. The molecule has 10 heteroatoms. The Morgan fingerprint density at radius 2 is 1.83 bits per heavy atom. The van der Waals surface area contributed by atoms with E-state index < -0.39 is 16.1 Å². The van der Waals surface area contributed by atoms with Crippen LogP contribution in [0.1, 0.15) is 32.6 Å². The number of anilines is 1. The number of nitrogens with one attached hydrogen (secondary N) is 1. The summed E-state index contributed by atoms with van der Waals surface area (Å²) in [7, 11) is -3.41. The largest absolute Gasteiger partial charge is 0.339 e. The van der Waals surface area contributed by atoms with E-state index in [1.165, 1.54) is 4.31 Å². The second-order valence-corrected chi connectivity index (χ2v) is 10.2. The standard InChI is InChI=1S/C20H29ClN4O4S/c1-2-14-30(28,29)25-11-4-8-18(25)19(26)23-9-5-10-24(13-12-23)20(27)22-17-7-3-6-16(21)15-17/h3,6-7,15,18H,2,4-5,8-14H2,1H3,(H,22,27)/t18-/m0/s1. The Balaban J connectivity index is 1.60. The summed E-state index contributed by atoms with van der Waals surface area (Å²) in [6, 6.07) is 6.09. The lowest BCUT2D eigenvalue weighted by molar-refractivity contribution is -0.134. The molecule has 1 N–H and O–H groups in total. The number of sulfonamides is 1. The first-order valence-corrected chi connectivity index (χ1v) is 12.4. The Hall–Kier alpha value is -1.84. The van der Waals surface area contributed by atoms with Gasteiger partial charge in [0.2, 0.25) is 15.9 Å². The summed E-state index contributed by atoms with van der Waals surface area (Å²) in [5.74, 6) is -0.0851. The lowest BCUT2D eigenvalue weighted by Gasteiger charge is -2.29. The SMILES string of the molecule is CCCS(=O)(=O)N1CCC[C@H]1C(=O)N1CCCN(C(=O)Nc2cccc(Cl)c2)CC1. The van der Waals surface area contributed by atoms with Crippen molar-refractivity contribution in [3.05, 3.63) is 29.3 Å². The van der Waals surface area contributed by atoms with Crippen LogP contribution in [0.15, 0.2) is 24.3 Å². The molecule has 3 amide bonds. The number of urea groups is 1. The third kappa shape index (κ3) is 5.44. The molecule has 0 aliphatic carbocycles. The smallest absolute Gasteiger partial charge is 0.321 e. The van der Waals surface area contributed by atoms with Crippen molar-refractivity contribution in [1.82, 2.24) is 14.1 Å². The third-order valence-electron chi connectivity index (χ3n) is 5.48. The number of halogens is 1. The number of carbonyl (C=O) groups is 2. The van der Waals surface area contributed by atoms with E-state index in [0.717, 1.165) is 0 Å². The summed E-state index contributed by atoms with van der Waals surface area (Å²) >= 11 is 5.96. The fourth-order valence-electron chi connectivity index (χ4n) is 4.02. The number of amides is 3. The number of rotatable bonds is 5. The van der Waals surface area contributed by atoms with Crippen LogP contribution >= 0.6 is 11.6 Å². The molecule has 2 heterocycles. The molecule has 3 rings (SSSR count). The Morgan fingerprint density at radius 1 is 1.10 bits per heavy atom. The van der Waals surface area contributed by atoms with Crippen molar-refractivity contribution in [1.29, 1.82) is 0 Å². The summed E-state index contributed by atoms with van der Waals surface area (Å²) in [5, 5.41) is 3.37. The van der Waals surface area contributed by atoms with Crippen LogP contribution in [0.3, 0.4) is 0 Å². The molecule has 0 radical (unpaired) electrons. The van der Waals surface area contributed by atoms with Crippen LogP contribution in [0, 0.1) is 0 Å². The Morgan fingerprint density at radius 3 is 2.57 bits per heavy atom. The number of benzene rings is 1. The van der Waals surface area contributed by atoms with Crippen molar-refractivity contribution in [3.63, 3.8) is 0 Å². The van der Waals surface area contributed by atoms with E-state index in [-0.39, 0.29) is 17.7 Å². The van der Waals surface area contributed by atoms with Gasteiger partial charge in [-0.25, -0.2) is 13.2 Å². The molecule has 2 fully saturated rings. The van der Waals surface area contributed by atoms with E-state index >= 15 is 0 Å². The third-order valence-corrected chi connectivity index (χ3v) is 7.79. The molecule has 30 heavy (non-hydrogen) atoms. The number of nitrogens with zero attached hydrogens (tertiary/aromatic N) is 3. The van der Waals surface area contributed by atoms with Gasteiger partial charge in [0, 0.05) is 43.4 Å². The highest BCUT2D eigenvalue weighted by atomic mass is 35.5. The zero-order valence-electron chi connectivity index (χ0n) is 17.2. The molecule has 1 aromatic rings. The minimum absolute atomic E-state index is 0.0637. The van der Waals surface area contributed by atoms with Gasteiger partial charge in [-0.3, -0.25) is 4.79 Å². The normalized spacial score (nSPS) is 20.8. The average molecular weight is 457 g/mol. The van der Waals surface area contributed by atoms with Crippen LogP contribution in [0.2, 0.25) is 5.02 Å². The van der Waals surface area contributed by atoms with Gasteiger partial charge in [0.15, 0.2) is 0 Å². The fourth-order valence-corrected chi connectivity index (χ4v) is 5.95. The lowest BCUT2D eigenvalue weighted by Crippen LogP contribution is -2.49. The van der Waals surface area contributed by atoms with Crippen molar-refractivity contribution < 1.29 is 18.0 Å². The maximum Gasteiger partial charge on any atom is 0.321 e. The van der Waals surface area contributed by atoms with Gasteiger partial charge >= 0.3 is 6.03 Å². The summed E-state index contributed by atoms with van der Waals surface area (Å²) in [6.07, 6.45) is 2.42. The van der Waals surface area contributed by atoms with Crippen molar-refractivity contribution in [2.75, 3.05) is 43.8 Å². The van der Waals surface area contributed by atoms with E-state index in [0.29, 0.717) is 69.1 Å². The monoisotopic (exact) mass is 456 g/mol. The second-order valence-electron chi connectivity index (χ2n) is 7.69. The van der Waals surface area contributed by atoms with Crippen molar-refractivity contribution in [2.45, 2.75) is 38.6 Å². The van der Waals surface area contributed by atoms with Crippen LogP contribution in [-0.4, -0.2) is 79.0 Å². The fraction of sp³-hybridized carbons (Fsp3) is 0.600. The molecule has 166 valence electrons. The number of carbonyl (C=O) groups excluding carboxylic acids is 2. The summed E-state index contributed by atoms with van der Waals surface area (Å²) in [5.41, 5.74) is 0.618. The molecule has 1 atom stereocenters. The van der Waals surface area contributed by atoms with E-state index in [4.69, 9.17) is 11.6 Å². The van der Waals surface area contributed by atoms with Gasteiger partial charge in [-0.2, -0.15) is 4.31 Å². The molecule has 2 saturated heterocycles. The highest BCUT2D eigenvalue weighted by Gasteiger charge is 2.40. The first kappa shape index (κ1) is 22.8. The molecule has 2 aliphatic heterocycles. The van der Waals surface area contributed by atoms with Crippen molar-refractivity contribution >= 4 is 39.2 Å². The minimum Gasteiger partial charge on any atom is -0.339 e. The molecule has 0 bridgehead atoms. The van der Waals surface area contributed by atoms with Crippen LogP contribution in [0.5, 0.6) is 0 Å². The van der Waals surface area contributed by atoms with Gasteiger partial charge in [-0.05, 0) is 43.9 Å². The van der Waals surface area contributed by atoms with Gasteiger partial charge < -0.3 is 15.1 Å². The average Bonchev–Trinajstić information content (AvgIpc) is 3.06. The van der Waals surface area contributed by atoms with Gasteiger partial charge in [-0.15, -0.1) is 0 Å². The highest BCUT2D eigenvalue weighted by Crippen LogP contribution is 2.24. The molecule has 0 spiro atoms. The van der Waals surface area contributed by atoms with E-state index in [1.807, 2.05) is 6.92 Å². The zero-order valence-corrected chi connectivity index (χ0v) is 18.8. The van der Waals surface area contributed by atoms with E-state index in [9.17, 15) is 18.0 Å². The Kier molecular flexibility index (Phi) is 7.60. The lowest BCUT2D eigenvalue weighted by atomic mass is 10.2. The number of hydrogen-bond donors (Lipinski definition) is 1. The highest BCUT2D eigenvalue weighted by molar-refractivity contribution is 7.89. The maximum atomic E-state index is 13.1. The Bertz CT molecular complexity index is 879. The minimum atomic E-state index is -3.41. The molecule has 0 saturated carbocycles. The molecule has 1 aromatic carbocycles. The maximum absolute atomic E-state index is 13.1. The van der Waals surface area contributed by atoms with Crippen LogP contribution in [0.25, 0.3) is 0 Å². The predicted molar refractivity (Wildman–Crippen MR) is 117 cm³/mol. The van der Waals surface area contributed by atoms with E-state index in [1.54, 1.807) is 34.1 Å². The second kappa shape index (κ2) is 9.98. The first-order valence-electron chi connectivity index (χ1n) is 10.4. The van der Waals surface area contributed by atoms with Crippen LogP contribution in [-0.2, 0) is 14.8 Å². The molecule has 0 unspecified atom stereocenters. The van der Waals surface area contributed by atoms with Gasteiger partial charge in [0.1, 0.15) is 6.04 Å². The predicted octanol–water partition coefficient (Wildman–Crippen LogP) is 2.61. The van der Waals surface area contributed by atoms with Gasteiger partial charge in [-0.1, -0.05) is 24.6 Å². The molecule has 2 aliphatic rings. The van der Waals surface area contributed by atoms with Gasteiger partial charge in [0.05, 0.1) is 5.75 Å². The summed E-state index contributed by atoms with van der Waals surface area (Å²) < 4.78 is 26.4. The Labute approximate surface area is 183 Å². The van der Waals surface area contributed by atoms with Crippen LogP contribution in [0.4, 0.5) is 10.5 Å². The quantitative estimate of drug-likeness (QED) is 0.737. The number of hydrogen-bond acceptors (Lipinski definition) is 4. The first-order chi connectivity index (χ1) is 14.3. The summed E-state index contributed by atoms with van der Waals surface area (Å²) in [4.78, 5) is 29.1. The molecule has 0 aromatic heterocycles. The molecular weight excluding hydrogens is 428 g/mol. The van der Waals surface area contributed by atoms with E-state index in [2.05, 4.69) is 5.32 Å². The van der Waals surface area contributed by atoms with Crippen molar-refractivity contribution in [2.24, 2.45) is 0 Å².